The fourth-order valence-electron chi connectivity index (χ4n) is 2.12. The highest BCUT2D eigenvalue weighted by Gasteiger charge is 1.99. The van der Waals surface area contributed by atoms with Gasteiger partial charge in [0.25, 0.3) is 0 Å². The van der Waals surface area contributed by atoms with Crippen LogP contribution in [0.25, 0.3) is 10.8 Å². The van der Waals surface area contributed by atoms with E-state index in [0.717, 1.165) is 25.9 Å². The maximum atomic E-state index is 8.45. The number of benzene rings is 2. The zero-order valence-electron chi connectivity index (χ0n) is 10.5. The number of nitrogens with zero attached hydrogens (tertiary/aromatic N) is 1. The summed E-state index contributed by atoms with van der Waals surface area (Å²) in [7, 11) is 0. The second-order valence-corrected chi connectivity index (χ2v) is 4.43. The monoisotopic (exact) mass is 238 g/mol. The molecule has 0 bridgehead atoms. The maximum absolute atomic E-state index is 8.45. The molecule has 0 aliphatic rings. The first-order valence-corrected chi connectivity index (χ1v) is 6.46. The number of fused-ring (bicyclic) bond motifs is 1. The molecule has 0 unspecified atom stereocenters. The van der Waals surface area contributed by atoms with Gasteiger partial charge in [0.05, 0.1) is 6.07 Å². The molecule has 0 aliphatic heterocycles. The number of hydrogen-bond acceptors (Lipinski definition) is 2. The first-order chi connectivity index (χ1) is 8.92. The minimum absolute atomic E-state index is 0.663. The first kappa shape index (κ1) is 12.6. The summed E-state index contributed by atoms with van der Waals surface area (Å²) in [6.07, 6.45) is 2.72. The fraction of sp³-hybridized carbons (Fsp3) is 0.312. The molecular formula is C16H18N2. The lowest BCUT2D eigenvalue weighted by Crippen LogP contribution is -2.14. The average Bonchev–Trinajstić information content (AvgIpc) is 2.43. The summed E-state index contributed by atoms with van der Waals surface area (Å²) in [5, 5.41) is 14.5. The van der Waals surface area contributed by atoms with Crippen molar-refractivity contribution < 1.29 is 0 Å². The molecule has 0 aliphatic carbocycles. The van der Waals surface area contributed by atoms with Crippen LogP contribution in [0.3, 0.4) is 0 Å². The van der Waals surface area contributed by atoms with Gasteiger partial charge < -0.3 is 5.32 Å². The van der Waals surface area contributed by atoms with Crippen LogP contribution in [0.2, 0.25) is 0 Å². The molecule has 2 nitrogen and oxygen atoms in total. The third kappa shape index (κ3) is 3.32. The van der Waals surface area contributed by atoms with Crippen LogP contribution in [-0.4, -0.2) is 6.54 Å². The Morgan fingerprint density at radius 2 is 1.83 bits per heavy atom. The predicted octanol–water partition coefficient (Wildman–Crippen LogP) is 3.62. The van der Waals surface area contributed by atoms with Crippen LogP contribution >= 0.6 is 0 Å². The lowest BCUT2D eigenvalue weighted by molar-refractivity contribution is 0.630. The minimum Gasteiger partial charge on any atom is -0.313 e. The van der Waals surface area contributed by atoms with Crippen LogP contribution in [0.15, 0.2) is 42.5 Å². The number of nitriles is 1. The highest BCUT2D eigenvalue weighted by atomic mass is 14.8. The van der Waals surface area contributed by atoms with Crippen LogP contribution in [0.1, 0.15) is 24.8 Å². The Hall–Kier alpha value is -1.85. The second-order valence-electron chi connectivity index (χ2n) is 4.43. The predicted molar refractivity (Wildman–Crippen MR) is 75.1 cm³/mol. The summed E-state index contributed by atoms with van der Waals surface area (Å²) in [6.45, 7) is 1.87. The summed E-state index contributed by atoms with van der Waals surface area (Å²) < 4.78 is 0. The van der Waals surface area contributed by atoms with Gasteiger partial charge in [-0.2, -0.15) is 5.26 Å². The SMILES string of the molecule is N#CCCCCNCc1cccc2ccccc12. The molecule has 0 fully saturated rings. The highest BCUT2D eigenvalue weighted by molar-refractivity contribution is 5.85. The van der Waals surface area contributed by atoms with E-state index in [-0.39, 0.29) is 0 Å². The van der Waals surface area contributed by atoms with E-state index in [2.05, 4.69) is 53.9 Å². The van der Waals surface area contributed by atoms with Crippen LogP contribution in [0.4, 0.5) is 0 Å². The molecule has 2 rings (SSSR count). The van der Waals surface area contributed by atoms with E-state index >= 15 is 0 Å². The molecule has 92 valence electrons. The lowest BCUT2D eigenvalue weighted by Gasteiger charge is -2.07. The van der Waals surface area contributed by atoms with Gasteiger partial charge in [-0.15, -0.1) is 0 Å². The van der Waals surface area contributed by atoms with Gasteiger partial charge in [-0.25, -0.2) is 0 Å². The van der Waals surface area contributed by atoms with Crippen LogP contribution in [0.5, 0.6) is 0 Å². The molecule has 0 aromatic heterocycles. The van der Waals surface area contributed by atoms with Gasteiger partial charge in [0.1, 0.15) is 0 Å². The summed E-state index contributed by atoms with van der Waals surface area (Å²) in [4.78, 5) is 0. The number of unbranched alkanes of at least 4 members (excludes halogenated alkanes) is 2. The summed E-state index contributed by atoms with van der Waals surface area (Å²) in [5.74, 6) is 0. The van der Waals surface area contributed by atoms with Crippen molar-refractivity contribution in [2.24, 2.45) is 0 Å². The molecular weight excluding hydrogens is 220 g/mol. The van der Waals surface area contributed by atoms with Gasteiger partial charge in [0, 0.05) is 13.0 Å². The van der Waals surface area contributed by atoms with E-state index in [1.807, 2.05) is 0 Å². The molecule has 0 amide bonds. The second kappa shape index (κ2) is 6.78. The minimum atomic E-state index is 0.663. The van der Waals surface area contributed by atoms with Crippen molar-refractivity contribution >= 4 is 10.8 Å². The molecule has 0 saturated heterocycles. The van der Waals surface area contributed by atoms with Crippen molar-refractivity contribution in [3.8, 4) is 6.07 Å². The van der Waals surface area contributed by atoms with Crippen molar-refractivity contribution in [3.05, 3.63) is 48.0 Å². The Kier molecular flexibility index (Phi) is 4.75. The maximum Gasteiger partial charge on any atom is 0.0621 e. The van der Waals surface area contributed by atoms with E-state index in [1.165, 1.54) is 16.3 Å². The summed E-state index contributed by atoms with van der Waals surface area (Å²) in [6, 6.07) is 17.1. The Morgan fingerprint density at radius 1 is 1.00 bits per heavy atom. The van der Waals surface area contributed by atoms with Crippen molar-refractivity contribution in [2.75, 3.05) is 6.54 Å². The third-order valence-corrected chi connectivity index (χ3v) is 3.09. The smallest absolute Gasteiger partial charge is 0.0621 e. The summed E-state index contributed by atoms with van der Waals surface area (Å²) >= 11 is 0. The number of nitrogens with one attached hydrogen (secondary N) is 1. The third-order valence-electron chi connectivity index (χ3n) is 3.09. The Balaban J connectivity index is 1.90. The van der Waals surface area contributed by atoms with Gasteiger partial charge in [0.2, 0.25) is 0 Å². The molecule has 2 aromatic rings. The van der Waals surface area contributed by atoms with Crippen molar-refractivity contribution in [1.82, 2.24) is 5.32 Å². The zero-order valence-corrected chi connectivity index (χ0v) is 10.5. The van der Waals surface area contributed by atoms with Crippen LogP contribution < -0.4 is 5.32 Å². The standard InChI is InChI=1S/C16H18N2/c17-11-4-1-5-12-18-13-15-9-6-8-14-7-2-3-10-16(14)15/h2-3,6-10,18H,1,4-5,12-13H2. The Labute approximate surface area is 108 Å². The van der Waals surface area contributed by atoms with Gasteiger partial charge >= 0.3 is 0 Å². The zero-order chi connectivity index (χ0) is 12.6. The molecule has 2 aromatic carbocycles. The van der Waals surface area contributed by atoms with Crippen molar-refractivity contribution in [2.45, 2.75) is 25.8 Å². The van der Waals surface area contributed by atoms with Crippen LogP contribution in [-0.2, 0) is 6.54 Å². The fourth-order valence-corrected chi connectivity index (χ4v) is 2.12. The molecule has 0 atom stereocenters. The van der Waals surface area contributed by atoms with E-state index < -0.39 is 0 Å². The normalized spacial score (nSPS) is 10.4. The topological polar surface area (TPSA) is 35.8 Å². The number of rotatable bonds is 6. The van der Waals surface area contributed by atoms with E-state index in [0.29, 0.717) is 6.42 Å². The van der Waals surface area contributed by atoms with Crippen molar-refractivity contribution in [1.29, 1.82) is 5.26 Å². The van der Waals surface area contributed by atoms with Crippen LogP contribution in [0, 0.1) is 11.3 Å². The van der Waals surface area contributed by atoms with E-state index in [4.69, 9.17) is 5.26 Å². The molecule has 1 N–H and O–H groups in total. The highest BCUT2D eigenvalue weighted by Crippen LogP contribution is 2.18. The van der Waals surface area contributed by atoms with Gasteiger partial charge in [-0.05, 0) is 35.7 Å². The summed E-state index contributed by atoms with van der Waals surface area (Å²) in [5.41, 5.74) is 1.34. The average molecular weight is 238 g/mol. The Bertz CT molecular complexity index is 535. The van der Waals surface area contributed by atoms with E-state index in [1.54, 1.807) is 0 Å². The largest absolute Gasteiger partial charge is 0.313 e. The molecule has 0 saturated carbocycles. The molecule has 2 heteroatoms. The van der Waals surface area contributed by atoms with Gasteiger partial charge in [-0.3, -0.25) is 0 Å². The lowest BCUT2D eigenvalue weighted by atomic mass is 10.0. The molecule has 0 radical (unpaired) electrons. The molecule has 0 spiro atoms. The van der Waals surface area contributed by atoms with E-state index in [9.17, 15) is 0 Å². The quantitative estimate of drug-likeness (QED) is 0.780. The first-order valence-electron chi connectivity index (χ1n) is 6.46. The Morgan fingerprint density at radius 3 is 2.72 bits per heavy atom. The number of hydrogen-bond donors (Lipinski definition) is 1. The molecule has 0 heterocycles. The molecule has 18 heavy (non-hydrogen) atoms. The van der Waals surface area contributed by atoms with Gasteiger partial charge in [-0.1, -0.05) is 42.5 Å². The van der Waals surface area contributed by atoms with Gasteiger partial charge in [0.15, 0.2) is 0 Å². The van der Waals surface area contributed by atoms with Crippen molar-refractivity contribution in [3.63, 3.8) is 0 Å².